The number of carbonyl (C=O) groups is 1. The van der Waals surface area contributed by atoms with E-state index in [0.717, 1.165) is 11.3 Å². The molecule has 0 spiro atoms. The quantitative estimate of drug-likeness (QED) is 0.458. The van der Waals surface area contributed by atoms with Crippen molar-refractivity contribution in [3.05, 3.63) is 40.3 Å². The number of alkyl halides is 1. The van der Waals surface area contributed by atoms with E-state index in [0.29, 0.717) is 26.2 Å². The smallest absolute Gasteiger partial charge is 0.248 e. The number of rotatable bonds is 7. The second-order valence-corrected chi connectivity index (χ2v) is 5.70. The van der Waals surface area contributed by atoms with Gasteiger partial charge in [0, 0.05) is 43.9 Å². The molecule has 1 aromatic rings. The molecule has 0 aromatic heterocycles. The molecule has 0 saturated carbocycles. The molecule has 1 saturated heterocycles. The van der Waals surface area contributed by atoms with Gasteiger partial charge in [0.25, 0.3) is 0 Å². The zero-order valence-corrected chi connectivity index (χ0v) is 14.1. The standard InChI is InChI=1S/C16H22FN5O3/c1-25-16(14(10-17)19-20-18)12-2-4-13(5-3-12)21-6-8-22(9-7-21)15(24)11-23/h2-5,14,16,23H,6-11H2,1H3/t14?,16-/m1/s1. The number of amides is 1. The lowest BCUT2D eigenvalue weighted by molar-refractivity contribution is -0.134. The number of azide groups is 1. The van der Waals surface area contributed by atoms with E-state index in [2.05, 4.69) is 14.9 Å². The molecule has 9 heteroatoms. The molecule has 1 fully saturated rings. The molecule has 0 aliphatic carbocycles. The molecule has 1 aromatic carbocycles. The lowest BCUT2D eigenvalue weighted by Gasteiger charge is -2.36. The Labute approximate surface area is 145 Å². The van der Waals surface area contributed by atoms with Crippen molar-refractivity contribution >= 4 is 11.6 Å². The van der Waals surface area contributed by atoms with Crippen LogP contribution in [0.25, 0.3) is 10.4 Å². The fourth-order valence-electron chi connectivity index (χ4n) is 2.94. The van der Waals surface area contributed by atoms with Crippen LogP contribution in [0.5, 0.6) is 0 Å². The monoisotopic (exact) mass is 351 g/mol. The molecule has 1 aliphatic rings. The third kappa shape index (κ3) is 4.60. The number of hydrogen-bond donors (Lipinski definition) is 1. The maximum atomic E-state index is 13.1. The van der Waals surface area contributed by atoms with Crippen LogP contribution in [0.4, 0.5) is 10.1 Å². The molecular formula is C16H22FN5O3. The Balaban J connectivity index is 2.04. The largest absolute Gasteiger partial charge is 0.387 e. The first-order valence-corrected chi connectivity index (χ1v) is 8.01. The van der Waals surface area contributed by atoms with Crippen LogP contribution in [-0.2, 0) is 9.53 Å². The second-order valence-electron chi connectivity index (χ2n) is 5.70. The van der Waals surface area contributed by atoms with Crippen molar-refractivity contribution in [2.45, 2.75) is 12.1 Å². The Hall–Kier alpha value is -2.35. The number of aliphatic hydroxyl groups excluding tert-OH is 1. The van der Waals surface area contributed by atoms with Crippen molar-refractivity contribution in [2.75, 3.05) is 51.5 Å². The number of anilines is 1. The average Bonchev–Trinajstić information content (AvgIpc) is 2.68. The van der Waals surface area contributed by atoms with Gasteiger partial charge >= 0.3 is 0 Å². The van der Waals surface area contributed by atoms with Crippen molar-refractivity contribution < 1.29 is 19.0 Å². The summed E-state index contributed by atoms with van der Waals surface area (Å²) < 4.78 is 18.4. The molecule has 1 unspecified atom stereocenters. The maximum absolute atomic E-state index is 13.1. The summed E-state index contributed by atoms with van der Waals surface area (Å²) in [7, 11) is 1.45. The van der Waals surface area contributed by atoms with E-state index in [-0.39, 0.29) is 5.91 Å². The third-order valence-corrected chi connectivity index (χ3v) is 4.32. The molecule has 0 bridgehead atoms. The van der Waals surface area contributed by atoms with E-state index in [1.165, 1.54) is 7.11 Å². The number of benzene rings is 1. The van der Waals surface area contributed by atoms with Gasteiger partial charge in [-0.3, -0.25) is 9.18 Å². The summed E-state index contributed by atoms with van der Waals surface area (Å²) in [6.07, 6.45) is -0.644. The van der Waals surface area contributed by atoms with E-state index in [9.17, 15) is 9.18 Å². The molecule has 8 nitrogen and oxygen atoms in total. The van der Waals surface area contributed by atoms with E-state index in [1.54, 1.807) is 4.90 Å². The van der Waals surface area contributed by atoms with Crippen LogP contribution >= 0.6 is 0 Å². The van der Waals surface area contributed by atoms with Gasteiger partial charge in [0.05, 0.1) is 12.1 Å². The molecule has 1 aliphatic heterocycles. The fraction of sp³-hybridized carbons (Fsp3) is 0.562. The van der Waals surface area contributed by atoms with Crippen molar-refractivity contribution in [2.24, 2.45) is 5.11 Å². The lowest BCUT2D eigenvalue weighted by atomic mass is 10.0. The molecule has 1 N–H and O–H groups in total. The minimum atomic E-state index is -0.908. The van der Waals surface area contributed by atoms with Crippen LogP contribution in [0, 0.1) is 0 Å². The number of carbonyl (C=O) groups excluding carboxylic acids is 1. The van der Waals surface area contributed by atoms with E-state index in [1.807, 2.05) is 24.3 Å². The molecule has 1 heterocycles. The normalized spacial score (nSPS) is 16.9. The predicted octanol–water partition coefficient (Wildman–Crippen LogP) is 1.66. The first kappa shape index (κ1) is 19.0. The molecule has 25 heavy (non-hydrogen) atoms. The topological polar surface area (TPSA) is 102 Å². The lowest BCUT2D eigenvalue weighted by Crippen LogP contribution is -2.49. The average molecular weight is 351 g/mol. The highest BCUT2D eigenvalue weighted by Crippen LogP contribution is 2.26. The Morgan fingerprint density at radius 3 is 2.48 bits per heavy atom. The summed E-state index contributed by atoms with van der Waals surface area (Å²) in [6.45, 7) is 1.19. The van der Waals surface area contributed by atoms with Crippen LogP contribution in [0.1, 0.15) is 11.7 Å². The Kier molecular flexibility index (Phi) is 7.00. The highest BCUT2D eigenvalue weighted by atomic mass is 19.1. The van der Waals surface area contributed by atoms with E-state index < -0.39 is 25.4 Å². The highest BCUT2D eigenvalue weighted by molar-refractivity contribution is 5.77. The zero-order chi connectivity index (χ0) is 18.2. The fourth-order valence-corrected chi connectivity index (χ4v) is 2.94. The van der Waals surface area contributed by atoms with Gasteiger partial charge in [0.1, 0.15) is 13.3 Å². The molecule has 0 radical (unpaired) electrons. The van der Waals surface area contributed by atoms with Gasteiger partial charge < -0.3 is 19.6 Å². The number of aliphatic hydroxyl groups is 1. The number of halogens is 1. The zero-order valence-electron chi connectivity index (χ0n) is 14.1. The van der Waals surface area contributed by atoms with Crippen LogP contribution < -0.4 is 4.90 Å². The van der Waals surface area contributed by atoms with Crippen molar-refractivity contribution in [3.63, 3.8) is 0 Å². The maximum Gasteiger partial charge on any atom is 0.248 e. The molecule has 2 rings (SSSR count). The van der Waals surface area contributed by atoms with E-state index >= 15 is 0 Å². The van der Waals surface area contributed by atoms with Crippen LogP contribution in [0.3, 0.4) is 0 Å². The number of nitrogens with zero attached hydrogens (tertiary/aromatic N) is 5. The van der Waals surface area contributed by atoms with Gasteiger partial charge in [-0.2, -0.15) is 0 Å². The summed E-state index contributed by atoms with van der Waals surface area (Å²) in [5, 5.41) is 12.4. The summed E-state index contributed by atoms with van der Waals surface area (Å²) in [5.74, 6) is -0.256. The van der Waals surface area contributed by atoms with Crippen molar-refractivity contribution in [1.29, 1.82) is 0 Å². The van der Waals surface area contributed by atoms with Crippen molar-refractivity contribution in [3.8, 4) is 0 Å². The van der Waals surface area contributed by atoms with Crippen LogP contribution in [-0.4, -0.2) is 68.5 Å². The summed E-state index contributed by atoms with van der Waals surface area (Å²) >= 11 is 0. The van der Waals surface area contributed by atoms with Crippen LogP contribution in [0.2, 0.25) is 0 Å². The number of piperazine rings is 1. The van der Waals surface area contributed by atoms with Gasteiger partial charge in [0.2, 0.25) is 5.91 Å². The first-order chi connectivity index (χ1) is 12.1. The first-order valence-electron chi connectivity index (χ1n) is 8.01. The predicted molar refractivity (Wildman–Crippen MR) is 91.0 cm³/mol. The molecule has 2 atom stereocenters. The molecular weight excluding hydrogens is 329 g/mol. The van der Waals surface area contributed by atoms with Crippen LogP contribution in [0.15, 0.2) is 29.4 Å². The number of methoxy groups -OCH3 is 1. The Morgan fingerprint density at radius 2 is 2.00 bits per heavy atom. The highest BCUT2D eigenvalue weighted by Gasteiger charge is 2.23. The van der Waals surface area contributed by atoms with Gasteiger partial charge in [-0.15, -0.1) is 0 Å². The summed E-state index contributed by atoms with van der Waals surface area (Å²) in [5.41, 5.74) is 10.3. The van der Waals surface area contributed by atoms with Gasteiger partial charge in [-0.05, 0) is 23.2 Å². The van der Waals surface area contributed by atoms with Gasteiger partial charge in [-0.1, -0.05) is 17.2 Å². The summed E-state index contributed by atoms with van der Waals surface area (Å²) in [4.78, 5) is 17.9. The minimum absolute atomic E-state index is 0.256. The Bertz CT molecular complexity index is 613. The Morgan fingerprint density at radius 1 is 1.36 bits per heavy atom. The van der Waals surface area contributed by atoms with E-state index in [4.69, 9.17) is 15.4 Å². The molecule has 1 amide bonds. The molecule has 136 valence electrons. The summed E-state index contributed by atoms with van der Waals surface area (Å²) in [6, 6.07) is 6.54. The van der Waals surface area contributed by atoms with Gasteiger partial charge in [0.15, 0.2) is 0 Å². The van der Waals surface area contributed by atoms with Gasteiger partial charge in [-0.25, -0.2) is 0 Å². The SMILES string of the molecule is CO[C@H](c1ccc(N2CCN(C(=O)CO)CC2)cc1)C(CF)N=[N+]=[N-]. The number of ether oxygens (including phenoxy) is 1. The second kappa shape index (κ2) is 9.22. The minimum Gasteiger partial charge on any atom is -0.387 e. The third-order valence-electron chi connectivity index (χ3n) is 4.32. The van der Waals surface area contributed by atoms with Crippen molar-refractivity contribution in [1.82, 2.24) is 4.90 Å². The number of hydrogen-bond acceptors (Lipinski definition) is 5.